The lowest BCUT2D eigenvalue weighted by Gasteiger charge is -2.11. The van der Waals surface area contributed by atoms with E-state index in [9.17, 15) is 14.8 Å². The van der Waals surface area contributed by atoms with Crippen molar-refractivity contribution in [1.29, 1.82) is 0 Å². The molecule has 6 nitrogen and oxygen atoms in total. The molecule has 0 aliphatic rings. The maximum absolute atomic E-state index is 11.5. The zero-order valence-electron chi connectivity index (χ0n) is 10.9. The molecule has 0 bridgehead atoms. The molecule has 0 saturated heterocycles. The van der Waals surface area contributed by atoms with Crippen LogP contribution >= 0.6 is 11.8 Å². The number of pyridine rings is 1. The lowest BCUT2D eigenvalue weighted by molar-refractivity contribution is -0.645. The van der Waals surface area contributed by atoms with Crippen molar-refractivity contribution >= 4 is 23.7 Å². The maximum atomic E-state index is 11.5. The highest BCUT2D eigenvalue weighted by Gasteiger charge is 2.12. The van der Waals surface area contributed by atoms with Crippen LogP contribution in [-0.2, 0) is 4.79 Å². The number of carbonyl (C=O) groups excluding carboxylic acids is 2. The minimum absolute atomic E-state index is 0.0124. The summed E-state index contributed by atoms with van der Waals surface area (Å²) in [4.78, 5) is 22.9. The molecule has 0 fully saturated rings. The van der Waals surface area contributed by atoms with Crippen LogP contribution in [0, 0.1) is 5.21 Å². The van der Waals surface area contributed by atoms with Crippen LogP contribution in [0.1, 0.15) is 20.3 Å². The van der Waals surface area contributed by atoms with Crippen molar-refractivity contribution in [3.05, 3.63) is 29.6 Å². The molecule has 104 valence electrons. The average molecular weight is 283 g/mol. The van der Waals surface area contributed by atoms with Crippen molar-refractivity contribution in [2.45, 2.75) is 31.3 Å². The highest BCUT2D eigenvalue weighted by molar-refractivity contribution is 7.99. The fourth-order valence-corrected chi connectivity index (χ4v) is 1.90. The Hall–Kier alpha value is -1.76. The first-order chi connectivity index (χ1) is 9.02. The molecule has 7 heteroatoms. The van der Waals surface area contributed by atoms with Crippen molar-refractivity contribution in [2.24, 2.45) is 0 Å². The molecule has 0 unspecified atom stereocenters. The Morgan fingerprint density at radius 3 is 2.84 bits per heavy atom. The van der Waals surface area contributed by atoms with Gasteiger partial charge in [0.2, 0.25) is 5.91 Å². The Bertz CT molecular complexity index is 454. The van der Waals surface area contributed by atoms with E-state index in [1.165, 1.54) is 6.20 Å². The van der Waals surface area contributed by atoms with Crippen molar-refractivity contribution < 1.29 is 14.3 Å². The van der Waals surface area contributed by atoms with E-state index >= 15 is 0 Å². The highest BCUT2D eigenvalue weighted by atomic mass is 32.2. The van der Waals surface area contributed by atoms with Crippen LogP contribution in [0.2, 0.25) is 0 Å². The number of hydrogen-bond donors (Lipinski definition) is 2. The summed E-state index contributed by atoms with van der Waals surface area (Å²) in [6.45, 7) is 3.79. The highest BCUT2D eigenvalue weighted by Crippen LogP contribution is 2.11. The number of aromatic nitrogens is 1. The van der Waals surface area contributed by atoms with E-state index in [-0.39, 0.29) is 11.8 Å². The zero-order valence-corrected chi connectivity index (χ0v) is 11.7. The van der Waals surface area contributed by atoms with Gasteiger partial charge in [0.05, 0.1) is 5.75 Å². The Kier molecular flexibility index (Phi) is 6.14. The second-order valence-electron chi connectivity index (χ2n) is 3.98. The summed E-state index contributed by atoms with van der Waals surface area (Å²) in [7, 11) is 0. The van der Waals surface area contributed by atoms with Crippen molar-refractivity contribution in [2.75, 3.05) is 5.75 Å². The van der Waals surface area contributed by atoms with Crippen LogP contribution < -0.4 is 15.4 Å². The quantitative estimate of drug-likeness (QED) is 0.480. The lowest BCUT2D eigenvalue weighted by atomic mass is 10.3. The van der Waals surface area contributed by atoms with Gasteiger partial charge >= 0.3 is 6.03 Å². The Labute approximate surface area is 116 Å². The van der Waals surface area contributed by atoms with Gasteiger partial charge in [-0.25, -0.2) is 4.79 Å². The first kappa shape index (κ1) is 15.3. The SMILES string of the molecule is CC[C@H](C)NC(=O)NC(=O)CSc1cccc[n+]1[O-]. The molecule has 0 aromatic carbocycles. The average Bonchev–Trinajstić information content (AvgIpc) is 2.37. The van der Waals surface area contributed by atoms with Crippen LogP contribution in [0.3, 0.4) is 0 Å². The molecule has 1 heterocycles. The summed E-state index contributed by atoms with van der Waals surface area (Å²) in [6.07, 6.45) is 2.15. The third-order valence-electron chi connectivity index (χ3n) is 2.38. The summed E-state index contributed by atoms with van der Waals surface area (Å²) in [6, 6.07) is 4.44. The summed E-state index contributed by atoms with van der Waals surface area (Å²) in [5, 5.41) is 16.6. The summed E-state index contributed by atoms with van der Waals surface area (Å²) >= 11 is 1.08. The minimum Gasteiger partial charge on any atom is -0.618 e. The Morgan fingerprint density at radius 1 is 1.47 bits per heavy atom. The molecule has 1 aromatic rings. The number of amides is 3. The van der Waals surface area contributed by atoms with Gasteiger partial charge in [-0.15, -0.1) is 0 Å². The zero-order chi connectivity index (χ0) is 14.3. The fourth-order valence-electron chi connectivity index (χ4n) is 1.19. The van der Waals surface area contributed by atoms with E-state index in [0.717, 1.165) is 18.2 Å². The van der Waals surface area contributed by atoms with Gasteiger partial charge in [-0.2, -0.15) is 4.73 Å². The molecule has 1 aromatic heterocycles. The van der Waals surface area contributed by atoms with Gasteiger partial charge in [0.15, 0.2) is 6.20 Å². The topological polar surface area (TPSA) is 85.1 Å². The molecule has 0 saturated carbocycles. The molecule has 0 spiro atoms. The molecular weight excluding hydrogens is 266 g/mol. The van der Waals surface area contributed by atoms with Crippen molar-refractivity contribution in [1.82, 2.24) is 10.6 Å². The van der Waals surface area contributed by atoms with Crippen LogP contribution in [0.25, 0.3) is 0 Å². The van der Waals surface area contributed by atoms with Gasteiger partial charge in [-0.3, -0.25) is 10.1 Å². The van der Waals surface area contributed by atoms with Crippen molar-refractivity contribution in [3.63, 3.8) is 0 Å². The third-order valence-corrected chi connectivity index (χ3v) is 3.40. The smallest absolute Gasteiger partial charge is 0.321 e. The number of nitrogens with zero attached hydrogens (tertiary/aromatic N) is 1. The molecule has 3 amide bonds. The second kappa shape index (κ2) is 7.63. The van der Waals surface area contributed by atoms with Gasteiger partial charge in [-0.05, 0) is 31.2 Å². The van der Waals surface area contributed by atoms with E-state index in [0.29, 0.717) is 9.76 Å². The maximum Gasteiger partial charge on any atom is 0.321 e. The standard InChI is InChI=1S/C12H17N3O3S/c1-3-9(2)13-12(17)14-10(16)8-19-11-6-4-5-7-15(11)18/h4-7,9H,3,8H2,1-2H3,(H2,13,14,16,17)/t9-/m0/s1. The normalized spacial score (nSPS) is 11.7. The Balaban J connectivity index is 2.36. The van der Waals surface area contributed by atoms with Gasteiger partial charge in [-0.1, -0.05) is 6.92 Å². The number of imide groups is 1. The summed E-state index contributed by atoms with van der Waals surface area (Å²) in [5.41, 5.74) is 0. The number of urea groups is 1. The monoisotopic (exact) mass is 283 g/mol. The number of nitrogens with one attached hydrogen (secondary N) is 2. The van der Waals surface area contributed by atoms with Crippen LogP contribution in [-0.4, -0.2) is 23.7 Å². The van der Waals surface area contributed by atoms with Gasteiger partial charge in [0, 0.05) is 18.2 Å². The van der Waals surface area contributed by atoms with E-state index in [1.54, 1.807) is 18.2 Å². The molecule has 0 aliphatic heterocycles. The van der Waals surface area contributed by atoms with E-state index < -0.39 is 11.9 Å². The third kappa shape index (κ3) is 5.60. The molecule has 1 rings (SSSR count). The predicted molar refractivity (Wildman–Crippen MR) is 72.6 cm³/mol. The van der Waals surface area contributed by atoms with E-state index in [1.807, 2.05) is 13.8 Å². The van der Waals surface area contributed by atoms with Crippen LogP contribution in [0.5, 0.6) is 0 Å². The van der Waals surface area contributed by atoms with Crippen molar-refractivity contribution in [3.8, 4) is 0 Å². The predicted octanol–water partition coefficient (Wildman–Crippen LogP) is 1.04. The number of thioether (sulfide) groups is 1. The van der Waals surface area contributed by atoms with Gasteiger partial charge in [0.25, 0.3) is 5.03 Å². The lowest BCUT2D eigenvalue weighted by Crippen LogP contribution is -2.44. The van der Waals surface area contributed by atoms with Crippen LogP contribution in [0.15, 0.2) is 29.4 Å². The molecule has 2 N–H and O–H groups in total. The van der Waals surface area contributed by atoms with E-state index in [4.69, 9.17) is 0 Å². The van der Waals surface area contributed by atoms with Gasteiger partial charge in [0.1, 0.15) is 0 Å². The molecule has 0 aliphatic carbocycles. The fraction of sp³-hybridized carbons (Fsp3) is 0.417. The molecular formula is C12H17N3O3S. The first-order valence-electron chi connectivity index (χ1n) is 5.94. The number of rotatable bonds is 5. The van der Waals surface area contributed by atoms with E-state index in [2.05, 4.69) is 10.6 Å². The summed E-state index contributed by atoms with van der Waals surface area (Å²) in [5.74, 6) is -0.421. The number of carbonyl (C=O) groups is 2. The van der Waals surface area contributed by atoms with Gasteiger partial charge < -0.3 is 10.5 Å². The second-order valence-corrected chi connectivity index (χ2v) is 4.98. The first-order valence-corrected chi connectivity index (χ1v) is 6.92. The Morgan fingerprint density at radius 2 is 2.21 bits per heavy atom. The number of hydrogen-bond acceptors (Lipinski definition) is 4. The molecule has 19 heavy (non-hydrogen) atoms. The molecule has 0 radical (unpaired) electrons. The largest absolute Gasteiger partial charge is 0.618 e. The molecule has 1 atom stereocenters. The van der Waals surface area contributed by atoms with Crippen LogP contribution in [0.4, 0.5) is 4.79 Å². The summed E-state index contributed by atoms with van der Waals surface area (Å²) < 4.78 is 0.678. The minimum atomic E-state index is -0.511.